The molecule has 0 bridgehead atoms. The van der Waals surface area contributed by atoms with Gasteiger partial charge in [0.1, 0.15) is 11.0 Å². The number of methoxy groups -OCH3 is 1. The summed E-state index contributed by atoms with van der Waals surface area (Å²) in [5.41, 5.74) is 0.484. The first-order chi connectivity index (χ1) is 12.2. The molecule has 1 aromatic rings. The van der Waals surface area contributed by atoms with Gasteiger partial charge in [0.2, 0.25) is 11.8 Å². The van der Waals surface area contributed by atoms with Crippen molar-refractivity contribution in [1.29, 1.82) is 0 Å². The Hall–Kier alpha value is -1.73. The molecule has 6 nitrogen and oxygen atoms in total. The van der Waals surface area contributed by atoms with Crippen molar-refractivity contribution in [2.45, 2.75) is 51.4 Å². The predicted molar refractivity (Wildman–Crippen MR) is 107 cm³/mol. The lowest BCUT2D eigenvalue weighted by atomic mass is 10.2. The highest BCUT2D eigenvalue weighted by Gasteiger charge is 2.40. The maximum absolute atomic E-state index is 12.7. The largest absolute Gasteiger partial charge is 0.495 e. The molecule has 1 atom stereocenters. The molecule has 0 radical (unpaired) electrons. The molecule has 0 aliphatic carbocycles. The topological polar surface area (TPSA) is 71.0 Å². The van der Waals surface area contributed by atoms with Crippen molar-refractivity contribution in [3.63, 3.8) is 0 Å². The van der Waals surface area contributed by atoms with Gasteiger partial charge < -0.3 is 10.1 Å². The summed E-state index contributed by atoms with van der Waals surface area (Å²) in [6.07, 6.45) is 0.0551. The summed E-state index contributed by atoms with van der Waals surface area (Å²) in [6.45, 7) is 7.80. The number of carbonyl (C=O) groups is 2. The third-order valence-electron chi connectivity index (χ3n) is 3.66. The number of anilines is 1. The van der Waals surface area contributed by atoms with Gasteiger partial charge in [0.05, 0.1) is 12.8 Å². The van der Waals surface area contributed by atoms with Gasteiger partial charge in [0, 0.05) is 23.5 Å². The van der Waals surface area contributed by atoms with Gasteiger partial charge in [-0.15, -0.1) is 0 Å². The molecule has 1 aromatic carbocycles. The van der Waals surface area contributed by atoms with Gasteiger partial charge >= 0.3 is 0 Å². The van der Waals surface area contributed by atoms with Gasteiger partial charge in [0.15, 0.2) is 5.17 Å². The molecule has 1 heterocycles. The lowest BCUT2D eigenvalue weighted by Gasteiger charge is -2.21. The first-order valence-electron chi connectivity index (χ1n) is 8.43. The molecule has 142 valence electrons. The molecule has 2 amide bonds. The molecule has 1 fully saturated rings. The van der Waals surface area contributed by atoms with Crippen LogP contribution in [0.25, 0.3) is 0 Å². The van der Waals surface area contributed by atoms with Crippen LogP contribution in [0.4, 0.5) is 5.69 Å². The van der Waals surface area contributed by atoms with E-state index in [-0.39, 0.29) is 30.3 Å². The summed E-state index contributed by atoms with van der Waals surface area (Å²) < 4.78 is 5.23. The number of halogens is 1. The zero-order chi connectivity index (χ0) is 19.4. The number of nitrogens with zero attached hydrogens (tertiary/aromatic N) is 2. The number of benzene rings is 1. The number of thioether (sulfide) groups is 1. The van der Waals surface area contributed by atoms with Crippen LogP contribution in [0, 0.1) is 0 Å². The summed E-state index contributed by atoms with van der Waals surface area (Å²) in [5, 5.41) is 3.46. The van der Waals surface area contributed by atoms with Crippen molar-refractivity contribution in [2.24, 2.45) is 4.99 Å². The van der Waals surface area contributed by atoms with Crippen LogP contribution >= 0.6 is 23.4 Å². The van der Waals surface area contributed by atoms with Gasteiger partial charge in [-0.2, -0.15) is 0 Å². The minimum Gasteiger partial charge on any atom is -0.495 e. The number of carbonyl (C=O) groups excluding carboxylic acids is 2. The summed E-state index contributed by atoms with van der Waals surface area (Å²) >= 11 is 7.33. The highest BCUT2D eigenvalue weighted by molar-refractivity contribution is 8.15. The molecule has 1 N–H and O–H groups in total. The molecule has 1 saturated heterocycles. The van der Waals surface area contributed by atoms with Crippen LogP contribution in [0.1, 0.15) is 34.1 Å². The summed E-state index contributed by atoms with van der Waals surface area (Å²) in [7, 11) is 1.52. The van der Waals surface area contributed by atoms with E-state index in [0.717, 1.165) is 0 Å². The van der Waals surface area contributed by atoms with Crippen molar-refractivity contribution in [3.05, 3.63) is 23.2 Å². The Morgan fingerprint density at radius 3 is 2.65 bits per heavy atom. The normalized spacial score (nSPS) is 18.9. The first kappa shape index (κ1) is 20.6. The number of aliphatic imine (C=N–C) groups is 1. The Labute approximate surface area is 163 Å². The van der Waals surface area contributed by atoms with E-state index in [0.29, 0.717) is 21.6 Å². The van der Waals surface area contributed by atoms with Gasteiger partial charge in [-0.3, -0.25) is 19.5 Å². The van der Waals surface area contributed by atoms with Gasteiger partial charge in [-0.1, -0.05) is 23.4 Å². The van der Waals surface area contributed by atoms with Gasteiger partial charge in [0.25, 0.3) is 0 Å². The quantitative estimate of drug-likeness (QED) is 0.792. The standard InChI is InChI=1S/C18H24ClN3O3S/c1-10(2)20-18-22(11(3)4)17(24)15(26-18)9-16(23)21-13-8-12(19)6-7-14(13)25-5/h6-8,10-11,15H,9H2,1-5H3,(H,21,23). The van der Waals surface area contributed by atoms with Gasteiger partial charge in [-0.25, -0.2) is 0 Å². The summed E-state index contributed by atoms with van der Waals surface area (Å²) in [5.74, 6) is 0.155. The maximum Gasteiger partial charge on any atom is 0.242 e. The zero-order valence-corrected chi connectivity index (χ0v) is 17.1. The molecule has 1 aliphatic heterocycles. The monoisotopic (exact) mass is 397 g/mol. The van der Waals surface area contributed by atoms with E-state index in [9.17, 15) is 9.59 Å². The van der Waals surface area contributed by atoms with Crippen LogP contribution in [0.15, 0.2) is 23.2 Å². The second-order valence-electron chi connectivity index (χ2n) is 6.51. The number of rotatable bonds is 6. The lowest BCUT2D eigenvalue weighted by Crippen LogP contribution is -2.38. The van der Waals surface area contributed by atoms with Crippen molar-refractivity contribution in [1.82, 2.24) is 4.90 Å². The second kappa shape index (κ2) is 8.77. The van der Waals surface area contributed by atoms with Crippen molar-refractivity contribution in [3.8, 4) is 5.75 Å². The number of nitrogens with one attached hydrogen (secondary N) is 1. The second-order valence-corrected chi connectivity index (χ2v) is 8.12. The molecule has 26 heavy (non-hydrogen) atoms. The minimum absolute atomic E-state index is 0.00594. The van der Waals surface area contributed by atoms with Crippen LogP contribution in [-0.2, 0) is 9.59 Å². The average Bonchev–Trinajstić information content (AvgIpc) is 2.82. The number of hydrogen-bond acceptors (Lipinski definition) is 5. The zero-order valence-electron chi connectivity index (χ0n) is 15.6. The van der Waals surface area contributed by atoms with E-state index in [1.54, 1.807) is 23.1 Å². The average molecular weight is 398 g/mol. The maximum atomic E-state index is 12.7. The van der Waals surface area contributed by atoms with Crippen LogP contribution in [-0.4, -0.2) is 46.3 Å². The Bertz CT molecular complexity index is 722. The van der Waals surface area contributed by atoms with E-state index in [2.05, 4.69) is 10.3 Å². The van der Waals surface area contributed by atoms with E-state index in [1.807, 2.05) is 27.7 Å². The van der Waals surface area contributed by atoms with Crippen molar-refractivity contribution >= 4 is 46.0 Å². The van der Waals surface area contributed by atoms with Gasteiger partial charge in [-0.05, 0) is 45.9 Å². The van der Waals surface area contributed by atoms with E-state index >= 15 is 0 Å². The van der Waals surface area contributed by atoms with Crippen LogP contribution in [0.5, 0.6) is 5.75 Å². The molecule has 0 aromatic heterocycles. The Balaban J connectivity index is 2.12. The molecular weight excluding hydrogens is 374 g/mol. The molecule has 2 rings (SSSR count). The van der Waals surface area contributed by atoms with E-state index in [4.69, 9.17) is 16.3 Å². The highest BCUT2D eigenvalue weighted by Crippen LogP contribution is 2.33. The van der Waals surface area contributed by atoms with Crippen molar-refractivity contribution in [2.75, 3.05) is 12.4 Å². The third-order valence-corrected chi connectivity index (χ3v) is 5.06. The first-order valence-corrected chi connectivity index (χ1v) is 9.69. The molecule has 8 heteroatoms. The molecule has 0 saturated carbocycles. The SMILES string of the molecule is COc1ccc(Cl)cc1NC(=O)CC1SC(=NC(C)C)N(C(C)C)C1=O. The van der Waals surface area contributed by atoms with Crippen LogP contribution < -0.4 is 10.1 Å². The fraction of sp³-hybridized carbons (Fsp3) is 0.500. The number of hydrogen-bond donors (Lipinski definition) is 1. The molecule has 1 aliphatic rings. The highest BCUT2D eigenvalue weighted by atomic mass is 35.5. The fourth-order valence-corrected chi connectivity index (χ4v) is 4.11. The molecule has 1 unspecified atom stereocenters. The van der Waals surface area contributed by atoms with E-state index in [1.165, 1.54) is 18.9 Å². The minimum atomic E-state index is -0.486. The third kappa shape index (κ3) is 4.92. The lowest BCUT2D eigenvalue weighted by molar-refractivity contribution is -0.129. The Kier molecular flexibility index (Phi) is 6.94. The predicted octanol–water partition coefficient (Wildman–Crippen LogP) is 3.79. The number of ether oxygens (including phenoxy) is 1. The fourth-order valence-electron chi connectivity index (χ4n) is 2.55. The number of amidine groups is 1. The van der Waals surface area contributed by atoms with E-state index < -0.39 is 5.25 Å². The smallest absolute Gasteiger partial charge is 0.242 e. The van der Waals surface area contributed by atoms with Crippen LogP contribution in [0.2, 0.25) is 5.02 Å². The number of amides is 2. The van der Waals surface area contributed by atoms with Crippen molar-refractivity contribution < 1.29 is 14.3 Å². The molecular formula is C18H24ClN3O3S. The Morgan fingerprint density at radius 2 is 2.08 bits per heavy atom. The Morgan fingerprint density at radius 1 is 1.38 bits per heavy atom. The summed E-state index contributed by atoms with van der Waals surface area (Å²) in [6, 6.07) is 5.06. The molecule has 0 spiro atoms. The summed E-state index contributed by atoms with van der Waals surface area (Å²) in [4.78, 5) is 31.4. The van der Waals surface area contributed by atoms with Crippen LogP contribution in [0.3, 0.4) is 0 Å².